The molecule has 5 nitrogen and oxygen atoms in total. The molecule has 0 spiro atoms. The molecular weight excluding hydrogens is 406 g/mol. The van der Waals surface area contributed by atoms with E-state index in [9.17, 15) is 13.6 Å². The first kappa shape index (κ1) is 20.2. The maximum absolute atomic E-state index is 12.5. The monoisotopic (exact) mass is 424 g/mol. The first-order chi connectivity index (χ1) is 13.5. The average Bonchev–Trinajstić information content (AvgIpc) is 3.33. The molecule has 0 aliphatic heterocycles. The summed E-state index contributed by atoms with van der Waals surface area (Å²) in [4.78, 5) is 17.7. The van der Waals surface area contributed by atoms with E-state index in [2.05, 4.69) is 15.0 Å². The second kappa shape index (κ2) is 9.61. The SMILES string of the molecule is COc1ccc(CCNC(=O)Cc2csc(-c3cccs3)n2)cc1OC(F)F. The molecule has 0 atom stereocenters. The normalized spacial score (nSPS) is 10.9. The van der Waals surface area contributed by atoms with Crippen LogP contribution in [0.15, 0.2) is 41.1 Å². The zero-order valence-electron chi connectivity index (χ0n) is 15.0. The van der Waals surface area contributed by atoms with Crippen molar-refractivity contribution in [2.75, 3.05) is 13.7 Å². The number of halogens is 2. The number of thiazole rings is 1. The molecule has 0 saturated heterocycles. The number of hydrogen-bond acceptors (Lipinski definition) is 6. The Morgan fingerprint density at radius 1 is 1.25 bits per heavy atom. The van der Waals surface area contributed by atoms with Crippen molar-refractivity contribution in [1.29, 1.82) is 0 Å². The molecule has 28 heavy (non-hydrogen) atoms. The third kappa shape index (κ3) is 5.49. The third-order valence-corrected chi connectivity index (χ3v) is 5.74. The van der Waals surface area contributed by atoms with E-state index >= 15 is 0 Å². The molecule has 0 saturated carbocycles. The van der Waals surface area contributed by atoms with E-state index < -0.39 is 6.61 Å². The number of hydrogen-bond donors (Lipinski definition) is 1. The molecule has 1 aromatic carbocycles. The first-order valence-electron chi connectivity index (χ1n) is 8.42. The molecule has 148 valence electrons. The van der Waals surface area contributed by atoms with Crippen molar-refractivity contribution in [2.24, 2.45) is 0 Å². The predicted octanol–water partition coefficient (Wildman–Crippen LogP) is 4.38. The van der Waals surface area contributed by atoms with Crippen molar-refractivity contribution in [1.82, 2.24) is 10.3 Å². The van der Waals surface area contributed by atoms with Crippen molar-refractivity contribution in [3.8, 4) is 21.4 Å². The van der Waals surface area contributed by atoms with E-state index in [1.807, 2.05) is 22.9 Å². The lowest BCUT2D eigenvalue weighted by molar-refractivity contribution is -0.120. The molecule has 1 N–H and O–H groups in total. The van der Waals surface area contributed by atoms with Crippen LogP contribution in [0.25, 0.3) is 9.88 Å². The lowest BCUT2D eigenvalue weighted by Gasteiger charge is -2.11. The highest BCUT2D eigenvalue weighted by Crippen LogP contribution is 2.30. The number of nitrogens with zero attached hydrogens (tertiary/aromatic N) is 1. The van der Waals surface area contributed by atoms with Gasteiger partial charge in [0.2, 0.25) is 5.91 Å². The number of carbonyl (C=O) groups is 1. The molecular formula is C19H18F2N2O3S2. The molecule has 0 radical (unpaired) electrons. The number of benzene rings is 1. The van der Waals surface area contributed by atoms with Crippen LogP contribution in [0.5, 0.6) is 11.5 Å². The van der Waals surface area contributed by atoms with Crippen molar-refractivity contribution in [3.05, 3.63) is 52.3 Å². The summed E-state index contributed by atoms with van der Waals surface area (Å²) in [5.74, 6) is 0.0728. The van der Waals surface area contributed by atoms with Gasteiger partial charge >= 0.3 is 6.61 Å². The van der Waals surface area contributed by atoms with Crippen molar-refractivity contribution in [2.45, 2.75) is 19.5 Å². The van der Waals surface area contributed by atoms with Gasteiger partial charge in [-0.15, -0.1) is 22.7 Å². The van der Waals surface area contributed by atoms with Crippen LogP contribution in [0.4, 0.5) is 8.78 Å². The Balaban J connectivity index is 1.50. The minimum atomic E-state index is -2.93. The van der Waals surface area contributed by atoms with E-state index in [4.69, 9.17) is 4.74 Å². The summed E-state index contributed by atoms with van der Waals surface area (Å²) in [5.41, 5.74) is 1.48. The van der Waals surface area contributed by atoms with Crippen molar-refractivity contribution >= 4 is 28.6 Å². The molecule has 0 aliphatic carbocycles. The highest BCUT2D eigenvalue weighted by atomic mass is 32.1. The van der Waals surface area contributed by atoms with Gasteiger partial charge in [0.1, 0.15) is 5.01 Å². The topological polar surface area (TPSA) is 60.5 Å². The molecule has 9 heteroatoms. The Morgan fingerprint density at radius 2 is 2.11 bits per heavy atom. The smallest absolute Gasteiger partial charge is 0.387 e. The third-order valence-electron chi connectivity index (χ3n) is 3.81. The molecule has 1 amide bonds. The highest BCUT2D eigenvalue weighted by molar-refractivity contribution is 7.20. The van der Waals surface area contributed by atoms with E-state index in [0.717, 1.165) is 21.1 Å². The minimum absolute atomic E-state index is 0.0232. The van der Waals surface area contributed by atoms with Crippen LogP contribution in [-0.2, 0) is 17.6 Å². The standard InChI is InChI=1S/C19H18F2N2O3S2/c1-25-14-5-4-12(9-15(14)26-19(20)21)6-7-22-17(24)10-13-11-28-18(23-13)16-3-2-8-27-16/h2-5,8-9,11,19H,6-7,10H2,1H3,(H,22,24). The summed E-state index contributed by atoms with van der Waals surface area (Å²) in [6, 6.07) is 8.76. The molecule has 0 bridgehead atoms. The maximum atomic E-state index is 12.5. The number of methoxy groups -OCH3 is 1. The summed E-state index contributed by atoms with van der Waals surface area (Å²) in [6.45, 7) is -2.55. The highest BCUT2D eigenvalue weighted by Gasteiger charge is 2.12. The van der Waals surface area contributed by atoms with Crippen LogP contribution in [0.2, 0.25) is 0 Å². The van der Waals surface area contributed by atoms with Gasteiger partial charge < -0.3 is 14.8 Å². The van der Waals surface area contributed by atoms with Crippen LogP contribution in [-0.4, -0.2) is 31.2 Å². The van der Waals surface area contributed by atoms with Crippen LogP contribution in [0.1, 0.15) is 11.3 Å². The Kier molecular flexibility index (Phi) is 6.94. The van der Waals surface area contributed by atoms with Crippen molar-refractivity contribution in [3.63, 3.8) is 0 Å². The largest absolute Gasteiger partial charge is 0.493 e. The molecule has 3 rings (SSSR count). The molecule has 0 fully saturated rings. The fraction of sp³-hybridized carbons (Fsp3) is 0.263. The molecule has 0 aliphatic rings. The second-order valence-electron chi connectivity index (χ2n) is 5.76. The lowest BCUT2D eigenvalue weighted by atomic mass is 10.1. The lowest BCUT2D eigenvalue weighted by Crippen LogP contribution is -2.27. The number of thiophene rings is 1. The van der Waals surface area contributed by atoms with Gasteiger partial charge in [-0.3, -0.25) is 4.79 Å². The van der Waals surface area contributed by atoms with Gasteiger partial charge in [-0.1, -0.05) is 12.1 Å². The first-order valence-corrected chi connectivity index (χ1v) is 10.2. The fourth-order valence-electron chi connectivity index (χ4n) is 2.54. The Morgan fingerprint density at radius 3 is 2.82 bits per heavy atom. The summed E-state index contributed by atoms with van der Waals surface area (Å²) in [7, 11) is 1.38. The minimum Gasteiger partial charge on any atom is -0.493 e. The Hall–Kier alpha value is -2.52. The fourth-order valence-corrected chi connectivity index (χ4v) is 4.17. The molecule has 2 aromatic heterocycles. The zero-order valence-corrected chi connectivity index (χ0v) is 16.6. The number of alkyl halides is 2. The second-order valence-corrected chi connectivity index (χ2v) is 7.57. The number of nitrogens with one attached hydrogen (secondary N) is 1. The number of aromatic nitrogens is 1. The van der Waals surface area contributed by atoms with E-state index in [-0.39, 0.29) is 23.8 Å². The van der Waals surface area contributed by atoms with Gasteiger partial charge in [-0.2, -0.15) is 8.78 Å². The van der Waals surface area contributed by atoms with E-state index in [1.165, 1.54) is 24.5 Å². The predicted molar refractivity (Wildman–Crippen MR) is 105 cm³/mol. The van der Waals surface area contributed by atoms with Gasteiger partial charge in [0.15, 0.2) is 11.5 Å². The van der Waals surface area contributed by atoms with E-state index in [0.29, 0.717) is 13.0 Å². The molecule has 0 unspecified atom stereocenters. The van der Waals surface area contributed by atoms with Gasteiger partial charge in [0.25, 0.3) is 0 Å². The average molecular weight is 424 g/mol. The maximum Gasteiger partial charge on any atom is 0.387 e. The van der Waals surface area contributed by atoms with Gasteiger partial charge in [0, 0.05) is 11.9 Å². The van der Waals surface area contributed by atoms with Gasteiger partial charge in [-0.25, -0.2) is 4.98 Å². The van der Waals surface area contributed by atoms with Crippen LogP contribution in [0.3, 0.4) is 0 Å². The number of carbonyl (C=O) groups excluding carboxylic acids is 1. The Bertz CT molecular complexity index is 914. The van der Waals surface area contributed by atoms with E-state index in [1.54, 1.807) is 23.5 Å². The summed E-state index contributed by atoms with van der Waals surface area (Å²) >= 11 is 3.12. The van der Waals surface area contributed by atoms with Gasteiger partial charge in [-0.05, 0) is 35.6 Å². The summed E-state index contributed by atoms with van der Waals surface area (Å²) in [5, 5.41) is 7.59. The summed E-state index contributed by atoms with van der Waals surface area (Å²) in [6.07, 6.45) is 0.678. The van der Waals surface area contributed by atoms with Crippen LogP contribution >= 0.6 is 22.7 Å². The zero-order chi connectivity index (χ0) is 19.9. The molecule has 2 heterocycles. The number of ether oxygens (including phenoxy) is 2. The van der Waals surface area contributed by atoms with Crippen LogP contribution in [0, 0.1) is 0 Å². The van der Waals surface area contributed by atoms with Crippen LogP contribution < -0.4 is 14.8 Å². The summed E-state index contributed by atoms with van der Waals surface area (Å²) < 4.78 is 34.4. The molecule has 3 aromatic rings. The number of amides is 1. The quantitative estimate of drug-likeness (QED) is 0.554. The Labute approximate surface area is 169 Å². The number of rotatable bonds is 9. The van der Waals surface area contributed by atoms with Crippen molar-refractivity contribution < 1.29 is 23.0 Å². The van der Waals surface area contributed by atoms with Gasteiger partial charge in [0.05, 0.1) is 24.1 Å².